The van der Waals surface area contributed by atoms with Gasteiger partial charge in [0, 0.05) is 43.8 Å². The highest BCUT2D eigenvalue weighted by molar-refractivity contribution is 6.33. The van der Waals surface area contributed by atoms with Gasteiger partial charge < -0.3 is 20.0 Å². The highest BCUT2D eigenvalue weighted by atomic mass is 35.5. The van der Waals surface area contributed by atoms with Gasteiger partial charge in [-0.05, 0) is 64.1 Å². The number of aromatic nitrogens is 5. The maximum atomic E-state index is 15.2. The number of piperazine rings is 1. The molecule has 1 aromatic carbocycles. The molecule has 3 aromatic heterocycles. The molecular formula is C36H45ClFN9O2. The number of halogens is 2. The van der Waals surface area contributed by atoms with Gasteiger partial charge in [-0.1, -0.05) is 58.0 Å². The smallest absolute Gasteiger partial charge is 0.353 e. The van der Waals surface area contributed by atoms with Crippen LogP contribution in [-0.2, 0) is 4.79 Å². The zero-order valence-corrected chi connectivity index (χ0v) is 30.2. The van der Waals surface area contributed by atoms with Gasteiger partial charge in [-0.2, -0.15) is 4.98 Å². The van der Waals surface area contributed by atoms with Crippen molar-refractivity contribution < 1.29 is 9.18 Å². The molecule has 4 aromatic rings. The molecule has 2 unspecified atom stereocenters. The van der Waals surface area contributed by atoms with Crippen LogP contribution in [0.5, 0.6) is 0 Å². The number of nitrogens with zero attached hydrogens (tertiary/aromatic N) is 8. The molecule has 49 heavy (non-hydrogen) atoms. The quantitative estimate of drug-likeness (QED) is 0.205. The molecule has 260 valence electrons. The number of pyridine rings is 1. The zero-order valence-electron chi connectivity index (χ0n) is 29.5. The average Bonchev–Trinajstić information content (AvgIpc) is 3.05. The molecule has 1 aliphatic heterocycles. The number of benzene rings is 1. The summed E-state index contributed by atoms with van der Waals surface area (Å²) in [6.45, 7) is 17.8. The van der Waals surface area contributed by atoms with E-state index in [0.29, 0.717) is 53.9 Å². The van der Waals surface area contributed by atoms with Crippen LogP contribution in [0.25, 0.3) is 28.0 Å². The number of carbonyl (C=O) groups is 1. The Balaban J connectivity index is 1.82. The molecule has 5 rings (SSSR count). The normalized spacial score (nSPS) is 16.7. The molecule has 4 heterocycles. The molecule has 1 amide bonds. The fourth-order valence-corrected chi connectivity index (χ4v) is 6.46. The largest absolute Gasteiger partial charge is 0.355 e. The predicted molar refractivity (Wildman–Crippen MR) is 195 cm³/mol. The summed E-state index contributed by atoms with van der Waals surface area (Å²) in [5.74, 6) is -0.0170. The number of nitrogens with one attached hydrogen (secondary N) is 1. The Morgan fingerprint density at radius 1 is 1.06 bits per heavy atom. The van der Waals surface area contributed by atoms with Crippen LogP contribution < -0.4 is 15.9 Å². The standard InChI is InChI=1S/C36H45ClFN9O2/c1-10-28(48)45-18-23(7)46(19-22(45)6)33-25-17-26(37)31(24-13-11-12-14-27(24)38)40-34(25)47(36(49)43-33)32-29(20(2)3)41-35(39-15-16-44(8)9)42-30(32)21(4)5/h10-14,17,20-23H,1,15-16,18-19H2,2-9H3,(H,39,41,42). The lowest BCUT2D eigenvalue weighted by Gasteiger charge is -2.44. The van der Waals surface area contributed by atoms with Crippen molar-refractivity contribution in [1.29, 1.82) is 0 Å². The Kier molecular flexibility index (Phi) is 10.7. The van der Waals surface area contributed by atoms with Crippen molar-refractivity contribution in [1.82, 2.24) is 34.3 Å². The van der Waals surface area contributed by atoms with Crippen molar-refractivity contribution >= 4 is 40.3 Å². The van der Waals surface area contributed by atoms with Gasteiger partial charge in [0.15, 0.2) is 5.65 Å². The second-order valence-electron chi connectivity index (χ2n) is 13.5. The molecule has 0 radical (unpaired) electrons. The lowest BCUT2D eigenvalue weighted by Crippen LogP contribution is -2.58. The van der Waals surface area contributed by atoms with E-state index in [1.165, 1.54) is 16.7 Å². The Hall–Kier alpha value is -4.42. The molecule has 0 bridgehead atoms. The van der Waals surface area contributed by atoms with E-state index < -0.39 is 11.5 Å². The van der Waals surface area contributed by atoms with E-state index >= 15 is 4.39 Å². The number of rotatable bonds is 10. The van der Waals surface area contributed by atoms with Gasteiger partial charge in [0.2, 0.25) is 11.9 Å². The number of fused-ring (bicyclic) bond motifs is 1. The third kappa shape index (κ3) is 7.16. The number of hydrogen-bond acceptors (Lipinski definition) is 9. The van der Waals surface area contributed by atoms with Crippen molar-refractivity contribution in [3.8, 4) is 16.9 Å². The minimum atomic E-state index is -0.582. The summed E-state index contributed by atoms with van der Waals surface area (Å²) in [5, 5.41) is 4.05. The van der Waals surface area contributed by atoms with E-state index in [1.807, 2.05) is 60.5 Å². The van der Waals surface area contributed by atoms with E-state index in [4.69, 9.17) is 26.6 Å². The molecule has 0 spiro atoms. The summed E-state index contributed by atoms with van der Waals surface area (Å²) in [6, 6.07) is 7.57. The second-order valence-corrected chi connectivity index (χ2v) is 13.9. The molecule has 13 heteroatoms. The highest BCUT2D eigenvalue weighted by Crippen LogP contribution is 2.37. The third-order valence-electron chi connectivity index (χ3n) is 8.74. The summed E-state index contributed by atoms with van der Waals surface area (Å²) in [6.07, 6.45) is 1.31. The first-order chi connectivity index (χ1) is 23.2. The molecule has 0 aliphatic carbocycles. The Morgan fingerprint density at radius 2 is 1.71 bits per heavy atom. The summed E-state index contributed by atoms with van der Waals surface area (Å²) in [4.78, 5) is 52.4. The fourth-order valence-electron chi connectivity index (χ4n) is 6.21. The monoisotopic (exact) mass is 689 g/mol. The van der Waals surface area contributed by atoms with E-state index in [-0.39, 0.29) is 51.8 Å². The number of hydrogen-bond donors (Lipinski definition) is 1. The van der Waals surface area contributed by atoms with Crippen LogP contribution in [0, 0.1) is 5.82 Å². The maximum absolute atomic E-state index is 15.2. The minimum Gasteiger partial charge on any atom is -0.353 e. The highest BCUT2D eigenvalue weighted by Gasteiger charge is 2.34. The molecule has 1 N–H and O–H groups in total. The van der Waals surface area contributed by atoms with Gasteiger partial charge in [-0.15, -0.1) is 0 Å². The van der Waals surface area contributed by atoms with Crippen LogP contribution in [0.2, 0.25) is 5.02 Å². The van der Waals surface area contributed by atoms with Crippen LogP contribution >= 0.6 is 11.6 Å². The van der Waals surface area contributed by atoms with Crippen molar-refractivity contribution in [3.63, 3.8) is 0 Å². The lowest BCUT2D eigenvalue weighted by atomic mass is 10.0. The van der Waals surface area contributed by atoms with E-state index in [1.54, 1.807) is 29.2 Å². The topological polar surface area (TPSA) is 112 Å². The predicted octanol–water partition coefficient (Wildman–Crippen LogP) is 5.86. The first kappa shape index (κ1) is 35.9. The van der Waals surface area contributed by atoms with Crippen molar-refractivity contribution in [3.05, 3.63) is 75.7 Å². The second kappa shape index (κ2) is 14.6. The molecule has 1 saturated heterocycles. The summed E-state index contributed by atoms with van der Waals surface area (Å²) in [5.41, 5.74) is 1.85. The number of carbonyl (C=O) groups excluding carboxylic acids is 1. The fraction of sp³-hybridized carbons (Fsp3) is 0.444. The number of likely N-dealkylation sites (N-methyl/N-ethyl adjacent to an activating group) is 1. The van der Waals surface area contributed by atoms with Gasteiger partial charge in [0.1, 0.15) is 11.6 Å². The van der Waals surface area contributed by atoms with E-state index in [2.05, 4.69) is 21.8 Å². The molecule has 0 saturated carbocycles. The first-order valence-electron chi connectivity index (χ1n) is 16.6. The lowest BCUT2D eigenvalue weighted by molar-refractivity contribution is -0.128. The summed E-state index contributed by atoms with van der Waals surface area (Å²) >= 11 is 6.90. The van der Waals surface area contributed by atoms with Gasteiger partial charge in [-0.25, -0.2) is 28.7 Å². The molecule has 1 aliphatic rings. The van der Waals surface area contributed by atoms with E-state index in [9.17, 15) is 9.59 Å². The van der Waals surface area contributed by atoms with Gasteiger partial charge in [-0.3, -0.25) is 4.79 Å². The molecule has 1 fully saturated rings. The number of amides is 1. The van der Waals surface area contributed by atoms with Crippen LogP contribution in [0.1, 0.15) is 64.8 Å². The Morgan fingerprint density at radius 3 is 2.31 bits per heavy atom. The van der Waals surface area contributed by atoms with Crippen molar-refractivity contribution in [2.45, 2.75) is 65.5 Å². The van der Waals surface area contributed by atoms with Crippen LogP contribution in [0.4, 0.5) is 16.2 Å². The van der Waals surface area contributed by atoms with Crippen molar-refractivity contribution in [2.24, 2.45) is 0 Å². The van der Waals surface area contributed by atoms with Gasteiger partial charge >= 0.3 is 5.69 Å². The third-order valence-corrected chi connectivity index (χ3v) is 9.03. The van der Waals surface area contributed by atoms with Crippen LogP contribution in [0.15, 0.2) is 47.8 Å². The first-order valence-corrected chi connectivity index (χ1v) is 17.0. The van der Waals surface area contributed by atoms with E-state index in [0.717, 1.165) is 6.54 Å². The average molecular weight is 690 g/mol. The van der Waals surface area contributed by atoms with Gasteiger partial charge in [0.05, 0.1) is 33.2 Å². The summed E-state index contributed by atoms with van der Waals surface area (Å²) in [7, 11) is 3.99. The molecule has 2 atom stereocenters. The minimum absolute atomic E-state index is 0.110. The van der Waals surface area contributed by atoms with Gasteiger partial charge in [0.25, 0.3) is 0 Å². The SMILES string of the molecule is C=CC(=O)N1CC(C)N(c2nc(=O)n(-c3c(C(C)C)nc(NCCN(C)C)nc3C(C)C)c3nc(-c4ccccc4F)c(Cl)cc23)CC1C. The summed E-state index contributed by atoms with van der Waals surface area (Å²) < 4.78 is 16.7. The number of anilines is 2. The molecule has 11 nitrogen and oxygen atoms in total. The van der Waals surface area contributed by atoms with Crippen LogP contribution in [-0.4, -0.2) is 92.6 Å². The van der Waals surface area contributed by atoms with Crippen LogP contribution in [0.3, 0.4) is 0 Å². The Labute approximate surface area is 291 Å². The van der Waals surface area contributed by atoms with Crippen molar-refractivity contribution in [2.75, 3.05) is 50.5 Å². The molecular weight excluding hydrogens is 645 g/mol. The maximum Gasteiger partial charge on any atom is 0.355 e. The Bertz CT molecular complexity index is 1920. The zero-order chi connectivity index (χ0) is 35.7.